The molecule has 0 saturated carbocycles. The van der Waals surface area contributed by atoms with E-state index in [2.05, 4.69) is 15.4 Å². The highest BCUT2D eigenvalue weighted by atomic mass is 16.6. The van der Waals surface area contributed by atoms with Crippen LogP contribution >= 0.6 is 0 Å². The van der Waals surface area contributed by atoms with E-state index in [0.29, 0.717) is 13.0 Å². The number of nitrogen functional groups attached to an aromatic ring is 1. The van der Waals surface area contributed by atoms with Gasteiger partial charge in [-0.2, -0.15) is 4.98 Å². The van der Waals surface area contributed by atoms with Gasteiger partial charge < -0.3 is 10.6 Å². The summed E-state index contributed by atoms with van der Waals surface area (Å²) in [5.74, 6) is 4.78. The van der Waals surface area contributed by atoms with Crippen molar-refractivity contribution in [1.82, 2.24) is 9.97 Å². The van der Waals surface area contributed by atoms with Gasteiger partial charge in [0.25, 0.3) is 0 Å². The van der Waals surface area contributed by atoms with Crippen molar-refractivity contribution in [3.8, 4) is 0 Å². The summed E-state index contributed by atoms with van der Waals surface area (Å²) in [4.78, 5) is 31.2. The van der Waals surface area contributed by atoms with Gasteiger partial charge in [0.05, 0.1) is 4.92 Å². The Kier molecular flexibility index (Phi) is 3.94. The van der Waals surface area contributed by atoms with Gasteiger partial charge in [-0.3, -0.25) is 20.3 Å². The maximum atomic E-state index is 11.5. The molecule has 1 unspecified atom stereocenters. The summed E-state index contributed by atoms with van der Waals surface area (Å²) in [6.45, 7) is 0.468. The monoisotopic (exact) mass is 281 g/mol. The fourth-order valence-corrected chi connectivity index (χ4v) is 2.26. The Labute approximate surface area is 114 Å². The zero-order valence-corrected chi connectivity index (χ0v) is 10.7. The van der Waals surface area contributed by atoms with Crippen LogP contribution in [0.15, 0.2) is 6.20 Å². The molecule has 1 amide bonds. The molecule has 1 aromatic heterocycles. The van der Waals surface area contributed by atoms with Gasteiger partial charge in [0.2, 0.25) is 17.7 Å². The summed E-state index contributed by atoms with van der Waals surface area (Å²) >= 11 is 0. The molecule has 10 heteroatoms. The first-order valence-corrected chi connectivity index (χ1v) is 6.08. The van der Waals surface area contributed by atoms with E-state index in [0.717, 1.165) is 19.0 Å². The second kappa shape index (κ2) is 5.65. The normalized spacial score (nSPS) is 18.6. The number of nitrogens with two attached hydrogens (primary N) is 2. The molecule has 1 aromatic rings. The first-order chi connectivity index (χ1) is 9.54. The SMILES string of the molecule is NNc1ncc([N+](=O)[O-])c(N2CCCCC2C(N)=O)n1. The number of nitrogens with one attached hydrogen (secondary N) is 1. The number of primary amides is 1. The van der Waals surface area contributed by atoms with Gasteiger partial charge in [-0.1, -0.05) is 0 Å². The number of anilines is 2. The summed E-state index contributed by atoms with van der Waals surface area (Å²) < 4.78 is 0. The number of aromatic nitrogens is 2. The number of carbonyl (C=O) groups is 1. The molecule has 108 valence electrons. The zero-order valence-electron chi connectivity index (χ0n) is 10.7. The lowest BCUT2D eigenvalue weighted by molar-refractivity contribution is -0.384. The van der Waals surface area contributed by atoms with Crippen LogP contribution in [0.2, 0.25) is 0 Å². The number of amides is 1. The van der Waals surface area contributed by atoms with Gasteiger partial charge in [0.15, 0.2) is 0 Å². The van der Waals surface area contributed by atoms with Crippen molar-refractivity contribution in [2.24, 2.45) is 11.6 Å². The first-order valence-electron chi connectivity index (χ1n) is 6.08. The Balaban J connectivity index is 2.47. The van der Waals surface area contributed by atoms with Crippen molar-refractivity contribution in [3.63, 3.8) is 0 Å². The quantitative estimate of drug-likeness (QED) is 0.379. The van der Waals surface area contributed by atoms with Crippen molar-refractivity contribution < 1.29 is 9.72 Å². The highest BCUT2D eigenvalue weighted by molar-refractivity contribution is 5.84. The van der Waals surface area contributed by atoms with Gasteiger partial charge >= 0.3 is 5.69 Å². The van der Waals surface area contributed by atoms with Crippen molar-refractivity contribution in [2.45, 2.75) is 25.3 Å². The minimum atomic E-state index is -0.608. The summed E-state index contributed by atoms with van der Waals surface area (Å²) in [6.07, 6.45) is 3.24. The fourth-order valence-electron chi connectivity index (χ4n) is 2.26. The van der Waals surface area contributed by atoms with E-state index in [1.165, 1.54) is 0 Å². The summed E-state index contributed by atoms with van der Waals surface area (Å²) in [7, 11) is 0. The van der Waals surface area contributed by atoms with E-state index in [1.54, 1.807) is 4.90 Å². The standard InChI is InChI=1S/C10H15N7O3/c11-8(18)6-3-1-2-4-16(6)9-7(17(19)20)5-13-10(14-9)15-12/h5-6H,1-4,12H2,(H2,11,18)(H,13,14,15). The highest BCUT2D eigenvalue weighted by Gasteiger charge is 2.33. The van der Waals surface area contributed by atoms with Crippen LogP contribution in [-0.4, -0.2) is 33.4 Å². The van der Waals surface area contributed by atoms with E-state index in [1.807, 2.05) is 0 Å². The van der Waals surface area contributed by atoms with E-state index in [-0.39, 0.29) is 17.5 Å². The average Bonchev–Trinajstić information content (AvgIpc) is 2.46. The van der Waals surface area contributed by atoms with Crippen LogP contribution in [0.1, 0.15) is 19.3 Å². The maximum Gasteiger partial charge on any atom is 0.329 e. The number of hydrogen-bond acceptors (Lipinski definition) is 8. The lowest BCUT2D eigenvalue weighted by Crippen LogP contribution is -2.48. The topological polar surface area (TPSA) is 153 Å². The molecule has 1 aliphatic rings. The molecule has 1 saturated heterocycles. The zero-order chi connectivity index (χ0) is 14.7. The molecule has 1 atom stereocenters. The van der Waals surface area contributed by atoms with Crippen LogP contribution in [0.3, 0.4) is 0 Å². The number of hydrazine groups is 1. The van der Waals surface area contributed by atoms with Crippen molar-refractivity contribution in [3.05, 3.63) is 16.3 Å². The van der Waals surface area contributed by atoms with Crippen LogP contribution in [0.5, 0.6) is 0 Å². The first kappa shape index (κ1) is 13.9. The number of nitrogens with zero attached hydrogens (tertiary/aromatic N) is 4. The molecule has 0 spiro atoms. The predicted octanol–water partition coefficient (Wildman–Crippen LogP) is -0.485. The third-order valence-electron chi connectivity index (χ3n) is 3.18. The number of piperidine rings is 1. The van der Waals surface area contributed by atoms with Crippen molar-refractivity contribution >= 4 is 23.4 Å². The number of hydrogen-bond donors (Lipinski definition) is 3. The summed E-state index contributed by atoms with van der Waals surface area (Å²) in [5, 5.41) is 11.1. The number of carbonyl (C=O) groups excluding carboxylic acids is 1. The number of rotatable bonds is 4. The van der Waals surface area contributed by atoms with E-state index >= 15 is 0 Å². The molecule has 0 aromatic carbocycles. The Hall–Kier alpha value is -2.49. The molecule has 0 bridgehead atoms. The van der Waals surface area contributed by atoms with Crippen LogP contribution in [0.25, 0.3) is 0 Å². The van der Waals surface area contributed by atoms with Gasteiger partial charge in [0, 0.05) is 6.54 Å². The molecular formula is C10H15N7O3. The smallest absolute Gasteiger partial charge is 0.329 e. The highest BCUT2D eigenvalue weighted by Crippen LogP contribution is 2.31. The van der Waals surface area contributed by atoms with Gasteiger partial charge in [0.1, 0.15) is 12.2 Å². The van der Waals surface area contributed by atoms with E-state index < -0.39 is 16.9 Å². The molecule has 2 heterocycles. The molecule has 0 aliphatic carbocycles. The minimum Gasteiger partial charge on any atom is -0.368 e. The van der Waals surface area contributed by atoms with Gasteiger partial charge in [-0.25, -0.2) is 10.8 Å². The molecule has 20 heavy (non-hydrogen) atoms. The lowest BCUT2D eigenvalue weighted by atomic mass is 10.0. The minimum absolute atomic E-state index is 0.0411. The Morgan fingerprint density at radius 1 is 1.55 bits per heavy atom. The Bertz CT molecular complexity index is 536. The van der Waals surface area contributed by atoms with Crippen molar-refractivity contribution in [2.75, 3.05) is 16.9 Å². The molecule has 0 radical (unpaired) electrons. The Morgan fingerprint density at radius 3 is 2.90 bits per heavy atom. The third kappa shape index (κ3) is 2.59. The fraction of sp³-hybridized carbons (Fsp3) is 0.500. The van der Waals surface area contributed by atoms with Crippen LogP contribution < -0.4 is 21.9 Å². The van der Waals surface area contributed by atoms with Crippen LogP contribution in [0.4, 0.5) is 17.5 Å². The molecule has 1 aliphatic heterocycles. The average molecular weight is 281 g/mol. The Morgan fingerprint density at radius 2 is 2.30 bits per heavy atom. The summed E-state index contributed by atoms with van der Waals surface area (Å²) in [5.41, 5.74) is 7.31. The molecule has 2 rings (SSSR count). The second-order valence-electron chi connectivity index (χ2n) is 4.41. The number of nitro groups is 1. The lowest BCUT2D eigenvalue weighted by Gasteiger charge is -2.34. The van der Waals surface area contributed by atoms with E-state index in [4.69, 9.17) is 11.6 Å². The third-order valence-corrected chi connectivity index (χ3v) is 3.18. The molecular weight excluding hydrogens is 266 g/mol. The van der Waals surface area contributed by atoms with Gasteiger partial charge in [-0.05, 0) is 19.3 Å². The van der Waals surface area contributed by atoms with Crippen LogP contribution in [-0.2, 0) is 4.79 Å². The largest absolute Gasteiger partial charge is 0.368 e. The molecule has 10 nitrogen and oxygen atoms in total. The molecule has 5 N–H and O–H groups in total. The van der Waals surface area contributed by atoms with Crippen molar-refractivity contribution in [1.29, 1.82) is 0 Å². The molecule has 1 fully saturated rings. The van der Waals surface area contributed by atoms with E-state index in [9.17, 15) is 14.9 Å². The van der Waals surface area contributed by atoms with Crippen LogP contribution in [0, 0.1) is 10.1 Å². The predicted molar refractivity (Wildman–Crippen MR) is 70.7 cm³/mol. The maximum absolute atomic E-state index is 11.5. The van der Waals surface area contributed by atoms with Gasteiger partial charge in [-0.15, -0.1) is 0 Å². The second-order valence-corrected chi connectivity index (χ2v) is 4.41. The summed E-state index contributed by atoms with van der Waals surface area (Å²) in [6, 6.07) is -0.608.